The van der Waals surface area contributed by atoms with Crippen LogP contribution in [-0.4, -0.2) is 26.1 Å². The summed E-state index contributed by atoms with van der Waals surface area (Å²) in [7, 11) is 5.98. The van der Waals surface area contributed by atoms with Gasteiger partial charge in [0.1, 0.15) is 5.75 Å². The molecule has 0 fully saturated rings. The van der Waals surface area contributed by atoms with E-state index in [0.29, 0.717) is 5.92 Å². The van der Waals surface area contributed by atoms with Crippen molar-refractivity contribution in [2.24, 2.45) is 0 Å². The van der Waals surface area contributed by atoms with Crippen LogP contribution in [0, 0.1) is 0 Å². The zero-order chi connectivity index (χ0) is 13.0. The monoisotopic (exact) mass is 235 g/mol. The first kappa shape index (κ1) is 14.0. The summed E-state index contributed by atoms with van der Waals surface area (Å²) >= 11 is 0. The SMILES string of the molecule is CCc1c(CN(C)C)ccc(OC)c1C(C)C. The van der Waals surface area contributed by atoms with E-state index in [1.54, 1.807) is 7.11 Å². The largest absolute Gasteiger partial charge is 0.496 e. The van der Waals surface area contributed by atoms with Crippen molar-refractivity contribution in [1.82, 2.24) is 4.90 Å². The lowest BCUT2D eigenvalue weighted by molar-refractivity contribution is 0.394. The molecule has 0 atom stereocenters. The van der Waals surface area contributed by atoms with Gasteiger partial charge in [-0.1, -0.05) is 26.8 Å². The molecule has 0 aliphatic heterocycles. The van der Waals surface area contributed by atoms with E-state index in [9.17, 15) is 0 Å². The minimum absolute atomic E-state index is 0.502. The summed E-state index contributed by atoms with van der Waals surface area (Å²) in [4.78, 5) is 2.21. The number of hydrogen-bond acceptors (Lipinski definition) is 2. The van der Waals surface area contributed by atoms with Crippen LogP contribution in [-0.2, 0) is 13.0 Å². The molecule has 0 bridgehead atoms. The molecule has 0 aromatic heterocycles. The van der Waals surface area contributed by atoms with Crippen LogP contribution in [0.3, 0.4) is 0 Å². The predicted octanol–water partition coefficient (Wildman–Crippen LogP) is 3.44. The normalized spacial score (nSPS) is 11.3. The first-order valence-corrected chi connectivity index (χ1v) is 6.34. The lowest BCUT2D eigenvalue weighted by atomic mass is 9.90. The Bertz CT molecular complexity index is 369. The lowest BCUT2D eigenvalue weighted by Crippen LogP contribution is -2.14. The quantitative estimate of drug-likeness (QED) is 0.775. The molecule has 0 amide bonds. The number of methoxy groups -OCH3 is 1. The fourth-order valence-corrected chi connectivity index (χ4v) is 2.41. The second kappa shape index (κ2) is 6.06. The summed E-state index contributed by atoms with van der Waals surface area (Å²) < 4.78 is 5.50. The van der Waals surface area contributed by atoms with Crippen LogP contribution in [0.1, 0.15) is 43.4 Å². The number of nitrogens with zero attached hydrogens (tertiary/aromatic N) is 1. The Balaban J connectivity index is 3.30. The minimum Gasteiger partial charge on any atom is -0.496 e. The minimum atomic E-state index is 0.502. The van der Waals surface area contributed by atoms with Crippen LogP contribution < -0.4 is 4.74 Å². The smallest absolute Gasteiger partial charge is 0.122 e. The summed E-state index contributed by atoms with van der Waals surface area (Å²) in [5, 5.41) is 0. The number of rotatable bonds is 5. The van der Waals surface area contributed by atoms with Gasteiger partial charge in [0, 0.05) is 12.1 Å². The number of benzene rings is 1. The van der Waals surface area contributed by atoms with Crippen LogP contribution in [0.4, 0.5) is 0 Å². The third-order valence-electron chi connectivity index (χ3n) is 3.05. The van der Waals surface area contributed by atoms with Crippen LogP contribution in [0.25, 0.3) is 0 Å². The molecular weight excluding hydrogens is 210 g/mol. The zero-order valence-corrected chi connectivity index (χ0v) is 12.0. The van der Waals surface area contributed by atoms with E-state index in [-0.39, 0.29) is 0 Å². The van der Waals surface area contributed by atoms with Crippen LogP contribution in [0.2, 0.25) is 0 Å². The lowest BCUT2D eigenvalue weighted by Gasteiger charge is -2.21. The van der Waals surface area contributed by atoms with E-state index < -0.39 is 0 Å². The van der Waals surface area contributed by atoms with E-state index >= 15 is 0 Å². The zero-order valence-electron chi connectivity index (χ0n) is 12.0. The Labute approximate surface area is 106 Å². The fourth-order valence-electron chi connectivity index (χ4n) is 2.41. The third-order valence-corrected chi connectivity index (χ3v) is 3.05. The van der Waals surface area contributed by atoms with Gasteiger partial charge in [-0.3, -0.25) is 0 Å². The fraction of sp³-hybridized carbons (Fsp3) is 0.600. The van der Waals surface area contributed by atoms with Crippen molar-refractivity contribution in [1.29, 1.82) is 0 Å². The molecule has 0 unspecified atom stereocenters. The van der Waals surface area contributed by atoms with Crippen LogP contribution in [0.5, 0.6) is 5.75 Å². The summed E-state index contributed by atoms with van der Waals surface area (Å²) in [6, 6.07) is 4.30. The average molecular weight is 235 g/mol. The molecule has 0 N–H and O–H groups in total. The number of ether oxygens (including phenoxy) is 1. The highest BCUT2D eigenvalue weighted by Gasteiger charge is 2.15. The summed E-state index contributed by atoms with van der Waals surface area (Å²) in [6.45, 7) is 7.68. The van der Waals surface area contributed by atoms with Gasteiger partial charge in [0.05, 0.1) is 7.11 Å². The molecule has 96 valence electrons. The Morgan fingerprint density at radius 1 is 1.24 bits per heavy atom. The van der Waals surface area contributed by atoms with Gasteiger partial charge in [0.15, 0.2) is 0 Å². The van der Waals surface area contributed by atoms with E-state index in [4.69, 9.17) is 4.74 Å². The molecule has 0 spiro atoms. The molecule has 0 aliphatic rings. The summed E-state index contributed by atoms with van der Waals surface area (Å²) in [6.07, 6.45) is 1.06. The highest BCUT2D eigenvalue weighted by atomic mass is 16.5. The first-order valence-electron chi connectivity index (χ1n) is 6.34. The van der Waals surface area contributed by atoms with E-state index in [0.717, 1.165) is 18.7 Å². The van der Waals surface area contributed by atoms with Gasteiger partial charge in [-0.25, -0.2) is 0 Å². The van der Waals surface area contributed by atoms with Gasteiger partial charge >= 0.3 is 0 Å². The van der Waals surface area contributed by atoms with E-state index in [2.05, 4.69) is 51.9 Å². The summed E-state index contributed by atoms with van der Waals surface area (Å²) in [5.74, 6) is 1.53. The van der Waals surface area contributed by atoms with Gasteiger partial charge in [-0.2, -0.15) is 0 Å². The van der Waals surface area contributed by atoms with Crippen LogP contribution in [0.15, 0.2) is 12.1 Å². The molecule has 0 radical (unpaired) electrons. The highest BCUT2D eigenvalue weighted by molar-refractivity contribution is 5.47. The molecule has 1 rings (SSSR count). The van der Waals surface area contributed by atoms with Crippen molar-refractivity contribution in [3.05, 3.63) is 28.8 Å². The van der Waals surface area contributed by atoms with Crippen LogP contribution >= 0.6 is 0 Å². The maximum Gasteiger partial charge on any atom is 0.122 e. The van der Waals surface area contributed by atoms with E-state index in [1.807, 2.05) is 0 Å². The Kier molecular flexibility index (Phi) is 5.01. The van der Waals surface area contributed by atoms with Crippen molar-refractivity contribution in [2.45, 2.75) is 39.7 Å². The second-order valence-electron chi connectivity index (χ2n) is 5.07. The third kappa shape index (κ3) is 3.22. The Morgan fingerprint density at radius 3 is 2.29 bits per heavy atom. The molecule has 1 aromatic carbocycles. The molecular formula is C15H25NO. The van der Waals surface area contributed by atoms with Crippen molar-refractivity contribution < 1.29 is 4.74 Å². The summed E-state index contributed by atoms with van der Waals surface area (Å²) in [5.41, 5.74) is 4.24. The maximum absolute atomic E-state index is 5.50. The highest BCUT2D eigenvalue weighted by Crippen LogP contribution is 2.32. The van der Waals surface area contributed by atoms with Gasteiger partial charge < -0.3 is 9.64 Å². The van der Waals surface area contributed by atoms with E-state index in [1.165, 1.54) is 16.7 Å². The second-order valence-corrected chi connectivity index (χ2v) is 5.07. The molecule has 17 heavy (non-hydrogen) atoms. The topological polar surface area (TPSA) is 12.5 Å². The molecule has 0 heterocycles. The molecule has 2 nitrogen and oxygen atoms in total. The molecule has 0 saturated carbocycles. The van der Waals surface area contributed by atoms with Gasteiger partial charge in [-0.05, 0) is 43.6 Å². The van der Waals surface area contributed by atoms with Gasteiger partial charge in [0.25, 0.3) is 0 Å². The average Bonchev–Trinajstić information content (AvgIpc) is 2.27. The van der Waals surface area contributed by atoms with Gasteiger partial charge in [-0.15, -0.1) is 0 Å². The van der Waals surface area contributed by atoms with Gasteiger partial charge in [0.2, 0.25) is 0 Å². The number of hydrogen-bond donors (Lipinski definition) is 0. The first-order chi connectivity index (χ1) is 8.01. The Morgan fingerprint density at radius 2 is 1.88 bits per heavy atom. The molecule has 0 saturated heterocycles. The van der Waals surface area contributed by atoms with Crippen molar-refractivity contribution in [3.63, 3.8) is 0 Å². The molecule has 1 aromatic rings. The van der Waals surface area contributed by atoms with Crippen molar-refractivity contribution in [3.8, 4) is 5.75 Å². The van der Waals surface area contributed by atoms with Crippen molar-refractivity contribution in [2.75, 3.05) is 21.2 Å². The maximum atomic E-state index is 5.50. The Hall–Kier alpha value is -1.02. The molecule has 2 heteroatoms. The standard InChI is InChI=1S/C15H25NO/c1-7-13-12(10-16(4)5)8-9-14(17-6)15(13)11(2)3/h8-9,11H,7,10H2,1-6H3. The van der Waals surface area contributed by atoms with Crippen molar-refractivity contribution >= 4 is 0 Å². The molecule has 0 aliphatic carbocycles. The predicted molar refractivity (Wildman–Crippen MR) is 73.9 cm³/mol.